The van der Waals surface area contributed by atoms with Gasteiger partial charge in [0, 0.05) is 24.1 Å². The van der Waals surface area contributed by atoms with Gasteiger partial charge in [0.1, 0.15) is 0 Å². The summed E-state index contributed by atoms with van der Waals surface area (Å²) in [5.74, 6) is 0. The van der Waals surface area contributed by atoms with Crippen LogP contribution in [0.5, 0.6) is 0 Å². The fourth-order valence-corrected chi connectivity index (χ4v) is 2.17. The molecule has 20 heavy (non-hydrogen) atoms. The van der Waals surface area contributed by atoms with Crippen molar-refractivity contribution in [1.29, 1.82) is 0 Å². The van der Waals surface area contributed by atoms with E-state index in [9.17, 15) is 0 Å². The van der Waals surface area contributed by atoms with Gasteiger partial charge in [0.05, 0.1) is 0 Å². The van der Waals surface area contributed by atoms with E-state index in [0.29, 0.717) is 5.11 Å². The zero-order valence-corrected chi connectivity index (χ0v) is 12.4. The van der Waals surface area contributed by atoms with E-state index in [1.807, 2.05) is 25.3 Å². The van der Waals surface area contributed by atoms with Gasteiger partial charge in [-0.15, -0.1) is 0 Å². The van der Waals surface area contributed by atoms with Crippen LogP contribution in [-0.4, -0.2) is 16.6 Å². The van der Waals surface area contributed by atoms with E-state index in [0.717, 1.165) is 30.8 Å². The summed E-state index contributed by atoms with van der Waals surface area (Å²) in [6.45, 7) is 2.85. The third-order valence-electron chi connectivity index (χ3n) is 2.95. The number of rotatable bonds is 5. The number of anilines is 1. The van der Waals surface area contributed by atoms with Gasteiger partial charge in [-0.25, -0.2) is 0 Å². The predicted molar refractivity (Wildman–Crippen MR) is 88.0 cm³/mol. The standard InChI is InChI=1S/C16H19N3S/c1-2-17-16(20)19-15-10-7-13(8-11-15)6-9-14-5-3-4-12-18-14/h3-5,7-8,10-12H,2,6,9H2,1H3,(H2,17,19,20). The van der Waals surface area contributed by atoms with Gasteiger partial charge in [-0.2, -0.15) is 0 Å². The molecule has 0 radical (unpaired) electrons. The second-order valence-electron chi connectivity index (χ2n) is 4.50. The van der Waals surface area contributed by atoms with Gasteiger partial charge in [-0.05, 0) is 61.8 Å². The number of hydrogen-bond donors (Lipinski definition) is 2. The number of aryl methyl sites for hydroxylation is 2. The SMILES string of the molecule is CCNC(=S)Nc1ccc(CCc2ccccn2)cc1. The Hall–Kier alpha value is -1.94. The number of thiocarbonyl (C=S) groups is 1. The van der Waals surface area contributed by atoms with Crippen LogP contribution >= 0.6 is 12.2 Å². The minimum atomic E-state index is 0.661. The molecule has 0 atom stereocenters. The highest BCUT2D eigenvalue weighted by molar-refractivity contribution is 7.80. The molecular formula is C16H19N3S. The maximum Gasteiger partial charge on any atom is 0.170 e. The van der Waals surface area contributed by atoms with Gasteiger partial charge in [-0.3, -0.25) is 4.98 Å². The van der Waals surface area contributed by atoms with Gasteiger partial charge in [0.15, 0.2) is 5.11 Å². The van der Waals surface area contributed by atoms with E-state index in [4.69, 9.17) is 12.2 Å². The van der Waals surface area contributed by atoms with Gasteiger partial charge in [-0.1, -0.05) is 18.2 Å². The molecule has 0 aliphatic carbocycles. The van der Waals surface area contributed by atoms with Gasteiger partial charge in [0.25, 0.3) is 0 Å². The Morgan fingerprint density at radius 1 is 1.10 bits per heavy atom. The van der Waals surface area contributed by atoms with Gasteiger partial charge in [0.2, 0.25) is 0 Å². The maximum absolute atomic E-state index is 5.15. The molecule has 0 aliphatic heterocycles. The Morgan fingerprint density at radius 3 is 2.55 bits per heavy atom. The summed E-state index contributed by atoms with van der Waals surface area (Å²) in [4.78, 5) is 4.33. The van der Waals surface area contributed by atoms with Crippen molar-refractivity contribution < 1.29 is 0 Å². The Kier molecular flexibility index (Phi) is 5.50. The summed E-state index contributed by atoms with van der Waals surface area (Å²) in [7, 11) is 0. The summed E-state index contributed by atoms with van der Waals surface area (Å²) in [6, 6.07) is 14.4. The highest BCUT2D eigenvalue weighted by Gasteiger charge is 1.99. The fraction of sp³-hybridized carbons (Fsp3) is 0.250. The van der Waals surface area contributed by atoms with Gasteiger partial charge >= 0.3 is 0 Å². The van der Waals surface area contributed by atoms with Crippen molar-refractivity contribution >= 4 is 23.0 Å². The molecule has 0 fully saturated rings. The number of nitrogens with one attached hydrogen (secondary N) is 2. The first-order valence-electron chi connectivity index (χ1n) is 6.81. The van der Waals surface area contributed by atoms with Crippen LogP contribution in [0.25, 0.3) is 0 Å². The maximum atomic E-state index is 5.15. The van der Waals surface area contributed by atoms with E-state index < -0.39 is 0 Å². The first-order chi connectivity index (χ1) is 9.78. The van der Waals surface area contributed by atoms with E-state index in [-0.39, 0.29) is 0 Å². The number of hydrogen-bond acceptors (Lipinski definition) is 2. The summed E-state index contributed by atoms with van der Waals surface area (Å²) in [5.41, 5.74) is 3.44. The molecule has 1 aromatic carbocycles. The first-order valence-corrected chi connectivity index (χ1v) is 7.22. The van der Waals surface area contributed by atoms with Crippen molar-refractivity contribution in [3.05, 3.63) is 59.9 Å². The van der Waals surface area contributed by atoms with Crippen LogP contribution in [0.3, 0.4) is 0 Å². The quantitative estimate of drug-likeness (QED) is 0.827. The number of nitrogens with zero attached hydrogens (tertiary/aromatic N) is 1. The molecule has 4 heteroatoms. The van der Waals surface area contributed by atoms with Crippen molar-refractivity contribution in [2.45, 2.75) is 19.8 Å². The van der Waals surface area contributed by atoms with Crippen LogP contribution in [-0.2, 0) is 12.8 Å². The molecule has 0 saturated carbocycles. The minimum Gasteiger partial charge on any atom is -0.363 e. The molecule has 0 unspecified atom stereocenters. The second kappa shape index (κ2) is 7.60. The fourth-order valence-electron chi connectivity index (χ4n) is 1.91. The molecule has 0 saturated heterocycles. The average molecular weight is 285 g/mol. The highest BCUT2D eigenvalue weighted by atomic mass is 32.1. The molecule has 2 rings (SSSR count). The topological polar surface area (TPSA) is 37.0 Å². The van der Waals surface area contributed by atoms with E-state index >= 15 is 0 Å². The lowest BCUT2D eigenvalue weighted by Crippen LogP contribution is -2.27. The summed E-state index contributed by atoms with van der Waals surface area (Å²) in [6.07, 6.45) is 3.79. The van der Waals surface area contributed by atoms with E-state index in [2.05, 4.69) is 45.9 Å². The molecule has 2 N–H and O–H groups in total. The number of aromatic nitrogens is 1. The molecular weight excluding hydrogens is 266 g/mol. The van der Waals surface area contributed by atoms with Crippen molar-refractivity contribution in [2.24, 2.45) is 0 Å². The second-order valence-corrected chi connectivity index (χ2v) is 4.91. The van der Waals surface area contributed by atoms with Crippen LogP contribution in [0.2, 0.25) is 0 Å². The number of benzene rings is 1. The first kappa shape index (κ1) is 14.5. The van der Waals surface area contributed by atoms with Crippen LogP contribution in [0.4, 0.5) is 5.69 Å². The van der Waals surface area contributed by atoms with Crippen LogP contribution in [0, 0.1) is 0 Å². The molecule has 1 aromatic heterocycles. The lowest BCUT2D eigenvalue weighted by Gasteiger charge is -2.09. The Bertz CT molecular complexity index is 537. The molecule has 2 aromatic rings. The van der Waals surface area contributed by atoms with Crippen molar-refractivity contribution in [1.82, 2.24) is 10.3 Å². The Balaban J connectivity index is 1.87. The Morgan fingerprint density at radius 2 is 1.90 bits per heavy atom. The lowest BCUT2D eigenvalue weighted by atomic mass is 10.1. The normalized spacial score (nSPS) is 10.1. The molecule has 104 valence electrons. The summed E-state index contributed by atoms with van der Waals surface area (Å²) in [5, 5.41) is 6.88. The van der Waals surface area contributed by atoms with Crippen molar-refractivity contribution in [3.8, 4) is 0 Å². The van der Waals surface area contributed by atoms with Gasteiger partial charge < -0.3 is 10.6 Å². The van der Waals surface area contributed by atoms with Crippen molar-refractivity contribution in [2.75, 3.05) is 11.9 Å². The smallest absolute Gasteiger partial charge is 0.170 e. The average Bonchev–Trinajstić information content (AvgIpc) is 2.48. The van der Waals surface area contributed by atoms with Crippen LogP contribution < -0.4 is 10.6 Å². The predicted octanol–water partition coefficient (Wildman–Crippen LogP) is 3.17. The third-order valence-corrected chi connectivity index (χ3v) is 3.19. The molecule has 0 aliphatic rings. The third kappa shape index (κ3) is 4.63. The lowest BCUT2D eigenvalue weighted by molar-refractivity contribution is 0.914. The molecule has 0 bridgehead atoms. The monoisotopic (exact) mass is 285 g/mol. The summed E-state index contributed by atoms with van der Waals surface area (Å²) >= 11 is 5.15. The molecule has 0 spiro atoms. The van der Waals surface area contributed by atoms with Crippen LogP contribution in [0.15, 0.2) is 48.7 Å². The van der Waals surface area contributed by atoms with E-state index in [1.165, 1.54) is 5.56 Å². The zero-order valence-electron chi connectivity index (χ0n) is 11.6. The number of pyridine rings is 1. The Labute approximate surface area is 125 Å². The minimum absolute atomic E-state index is 0.661. The highest BCUT2D eigenvalue weighted by Crippen LogP contribution is 2.11. The zero-order chi connectivity index (χ0) is 14.2. The molecule has 1 heterocycles. The largest absolute Gasteiger partial charge is 0.363 e. The molecule has 0 amide bonds. The molecule has 3 nitrogen and oxygen atoms in total. The van der Waals surface area contributed by atoms with E-state index in [1.54, 1.807) is 0 Å². The van der Waals surface area contributed by atoms with Crippen molar-refractivity contribution in [3.63, 3.8) is 0 Å². The summed E-state index contributed by atoms with van der Waals surface area (Å²) < 4.78 is 0. The van der Waals surface area contributed by atoms with Crippen LogP contribution in [0.1, 0.15) is 18.2 Å².